The molecule has 0 saturated carbocycles. The zero-order valence-corrected chi connectivity index (χ0v) is 22.8. The van der Waals surface area contributed by atoms with Crippen LogP contribution in [0.15, 0.2) is 97.2 Å². The van der Waals surface area contributed by atoms with Gasteiger partial charge >= 0.3 is 18.6 Å². The number of nitrogens with zero attached hydrogens (tertiary/aromatic N) is 1. The minimum atomic E-state index is -4.75. The molecule has 0 aliphatic rings. The lowest BCUT2D eigenvalue weighted by molar-refractivity contribution is -0.253. The molecule has 0 fully saturated rings. The van der Waals surface area contributed by atoms with Crippen LogP contribution in [0.25, 0.3) is 0 Å². The van der Waals surface area contributed by atoms with E-state index in [2.05, 4.69) is 25.7 Å². The average Bonchev–Trinajstić information content (AvgIpc) is 2.94. The van der Waals surface area contributed by atoms with Gasteiger partial charge in [0.15, 0.2) is 0 Å². The molecular formula is C30H25ClF4N4O3. The van der Waals surface area contributed by atoms with Crippen LogP contribution < -0.4 is 20.7 Å². The smallest absolute Gasteiger partial charge is 0.428 e. The monoisotopic (exact) mass is 600 g/mol. The maximum Gasteiger partial charge on any atom is 0.461 e. The summed E-state index contributed by atoms with van der Waals surface area (Å²) in [7, 11) is 0. The summed E-state index contributed by atoms with van der Waals surface area (Å²) in [6.45, 7) is 1.32. The fourth-order valence-electron chi connectivity index (χ4n) is 4.32. The summed E-state index contributed by atoms with van der Waals surface area (Å²) in [5, 5.41) is 8.55. The van der Waals surface area contributed by atoms with Crippen molar-refractivity contribution in [3.8, 4) is 5.75 Å². The molecule has 1 aromatic heterocycles. The summed E-state index contributed by atoms with van der Waals surface area (Å²) >= 11 is 6.10. The maximum atomic E-state index is 13.8. The van der Waals surface area contributed by atoms with E-state index < -0.39 is 29.9 Å². The molecule has 42 heavy (non-hydrogen) atoms. The number of rotatable bonds is 10. The number of amides is 3. The molecule has 7 nitrogen and oxygen atoms in total. The molecule has 0 saturated heterocycles. The first-order valence-corrected chi connectivity index (χ1v) is 12.9. The molecule has 4 aromatic rings. The number of anilines is 2. The van der Waals surface area contributed by atoms with E-state index in [1.54, 1.807) is 66.7 Å². The highest BCUT2D eigenvalue weighted by molar-refractivity contribution is 6.30. The number of carbonyl (C=O) groups excluding carboxylic acids is 2. The van der Waals surface area contributed by atoms with Crippen LogP contribution in [0.2, 0.25) is 5.02 Å². The summed E-state index contributed by atoms with van der Waals surface area (Å²) in [6.07, 6.45) is -7.41. The van der Waals surface area contributed by atoms with Crippen molar-refractivity contribution in [3.05, 3.63) is 119 Å². The molecule has 0 aliphatic heterocycles. The van der Waals surface area contributed by atoms with E-state index in [1.165, 1.54) is 25.3 Å². The molecule has 4 rings (SSSR count). The van der Waals surface area contributed by atoms with Gasteiger partial charge in [-0.3, -0.25) is 9.78 Å². The van der Waals surface area contributed by atoms with Gasteiger partial charge in [-0.05, 0) is 47.5 Å². The van der Waals surface area contributed by atoms with E-state index in [0.29, 0.717) is 10.7 Å². The molecular weight excluding hydrogens is 576 g/mol. The van der Waals surface area contributed by atoms with E-state index in [-0.39, 0.29) is 29.3 Å². The third-order valence-corrected chi connectivity index (χ3v) is 6.35. The summed E-state index contributed by atoms with van der Waals surface area (Å²) in [6, 6.07) is 22.9. The summed E-state index contributed by atoms with van der Waals surface area (Å²) in [5.74, 6) is -0.909. The van der Waals surface area contributed by atoms with Crippen LogP contribution in [0, 0.1) is 0 Å². The largest absolute Gasteiger partial charge is 0.461 e. The Bertz CT molecular complexity index is 1540. The van der Waals surface area contributed by atoms with Crippen LogP contribution in [-0.2, 0) is 16.8 Å². The lowest BCUT2D eigenvalue weighted by Gasteiger charge is -2.36. The molecule has 1 unspecified atom stereocenters. The van der Waals surface area contributed by atoms with Crippen LogP contribution in [0.3, 0.4) is 0 Å². The maximum absolute atomic E-state index is 13.8. The van der Waals surface area contributed by atoms with Gasteiger partial charge in [-0.1, -0.05) is 66.2 Å². The Labute approximate surface area is 243 Å². The molecule has 218 valence electrons. The predicted octanol–water partition coefficient (Wildman–Crippen LogP) is 7.24. The van der Waals surface area contributed by atoms with E-state index in [9.17, 15) is 27.2 Å². The number of aromatic nitrogens is 1. The van der Waals surface area contributed by atoms with Gasteiger partial charge in [0.2, 0.25) is 5.91 Å². The van der Waals surface area contributed by atoms with Gasteiger partial charge in [-0.15, -0.1) is 0 Å². The Morgan fingerprint density at radius 3 is 2.19 bits per heavy atom. The van der Waals surface area contributed by atoms with E-state index in [1.807, 2.05) is 0 Å². The summed E-state index contributed by atoms with van der Waals surface area (Å²) < 4.78 is 57.9. The van der Waals surface area contributed by atoms with E-state index in [4.69, 9.17) is 11.6 Å². The van der Waals surface area contributed by atoms with Crippen molar-refractivity contribution in [1.29, 1.82) is 0 Å². The fraction of sp³-hybridized carbons (Fsp3) is 0.167. The minimum absolute atomic E-state index is 0.0535. The van der Waals surface area contributed by atoms with Crippen LogP contribution in [-0.4, -0.2) is 29.5 Å². The van der Waals surface area contributed by atoms with Crippen molar-refractivity contribution in [3.63, 3.8) is 0 Å². The first-order chi connectivity index (χ1) is 20.0. The van der Waals surface area contributed by atoms with Crippen molar-refractivity contribution in [2.75, 3.05) is 10.6 Å². The molecule has 0 aliphatic carbocycles. The molecule has 0 bridgehead atoms. The van der Waals surface area contributed by atoms with Crippen molar-refractivity contribution >= 4 is 34.9 Å². The number of benzene rings is 3. The van der Waals surface area contributed by atoms with E-state index >= 15 is 0 Å². The third kappa shape index (κ3) is 7.35. The van der Waals surface area contributed by atoms with Gasteiger partial charge in [0.25, 0.3) is 0 Å². The predicted molar refractivity (Wildman–Crippen MR) is 151 cm³/mol. The van der Waals surface area contributed by atoms with Crippen LogP contribution >= 0.6 is 11.6 Å². The van der Waals surface area contributed by atoms with Gasteiger partial charge < -0.3 is 20.7 Å². The highest BCUT2D eigenvalue weighted by Gasteiger charge is 2.44. The number of hydrogen-bond acceptors (Lipinski definition) is 4. The van der Waals surface area contributed by atoms with Gasteiger partial charge in [-0.25, -0.2) is 4.79 Å². The van der Waals surface area contributed by atoms with Crippen LogP contribution in [0.4, 0.5) is 33.7 Å². The Hall–Kier alpha value is -4.64. The number of hydrogen-bond donors (Lipinski definition) is 3. The topological polar surface area (TPSA) is 92.4 Å². The van der Waals surface area contributed by atoms with Crippen molar-refractivity contribution in [2.45, 2.75) is 31.4 Å². The Kier molecular flexibility index (Phi) is 9.31. The normalized spacial score (nSPS) is 12.7. The highest BCUT2D eigenvalue weighted by atomic mass is 35.5. The van der Waals surface area contributed by atoms with Gasteiger partial charge in [0, 0.05) is 19.5 Å². The summed E-state index contributed by atoms with van der Waals surface area (Å²) in [5.41, 5.74) is 0.239. The quantitative estimate of drug-likeness (QED) is 0.167. The highest BCUT2D eigenvalue weighted by Crippen LogP contribution is 2.37. The molecule has 3 N–H and O–H groups in total. The van der Waals surface area contributed by atoms with Gasteiger partial charge in [0.05, 0.1) is 22.1 Å². The molecule has 12 heteroatoms. The van der Waals surface area contributed by atoms with Crippen LogP contribution in [0.5, 0.6) is 5.75 Å². The molecule has 0 spiro atoms. The lowest BCUT2D eigenvalue weighted by Crippen LogP contribution is -2.50. The lowest BCUT2D eigenvalue weighted by atomic mass is 9.80. The second kappa shape index (κ2) is 12.9. The Morgan fingerprint density at radius 2 is 1.57 bits per heavy atom. The second-order valence-corrected chi connectivity index (χ2v) is 9.66. The number of carbonyl (C=O) groups is 2. The molecule has 1 heterocycles. The van der Waals surface area contributed by atoms with Crippen molar-refractivity contribution < 1.29 is 31.9 Å². The number of halogens is 5. The molecule has 1 atom stereocenters. The summed E-state index contributed by atoms with van der Waals surface area (Å²) in [4.78, 5) is 29.7. The molecule has 3 aromatic carbocycles. The standard InChI is InChI=1S/C30H25ClF4N4O3/c1-19(40)37-24-12-5-6-13-25(24)38-28(41)39-29(17-20-8-3-2-4-9-20,26-15-14-22(31)18-36-26)21-10-7-11-23(16-21)42-30(34,35)27(32)33/h2-16,18,27H,17H2,1H3,(H,37,40)(H2,38,39,41). The Morgan fingerprint density at radius 1 is 0.905 bits per heavy atom. The van der Waals surface area contributed by atoms with Crippen molar-refractivity contribution in [1.82, 2.24) is 10.3 Å². The zero-order valence-electron chi connectivity index (χ0n) is 22.1. The first-order valence-electron chi connectivity index (χ1n) is 12.6. The zero-order chi connectivity index (χ0) is 30.3. The molecule has 0 radical (unpaired) electrons. The number of ether oxygens (including phenoxy) is 1. The third-order valence-electron chi connectivity index (χ3n) is 6.12. The fourth-order valence-corrected chi connectivity index (χ4v) is 4.43. The minimum Gasteiger partial charge on any atom is -0.428 e. The number of nitrogens with one attached hydrogen (secondary N) is 3. The number of alkyl halides is 4. The van der Waals surface area contributed by atoms with Gasteiger partial charge in [-0.2, -0.15) is 17.6 Å². The van der Waals surface area contributed by atoms with E-state index in [0.717, 1.165) is 17.7 Å². The average molecular weight is 601 g/mol. The van der Waals surface area contributed by atoms with Crippen LogP contribution in [0.1, 0.15) is 23.7 Å². The number of pyridine rings is 1. The number of para-hydroxylation sites is 2. The SMILES string of the molecule is CC(=O)Nc1ccccc1NC(=O)NC(Cc1ccccc1)(c1cccc(OC(F)(F)C(F)F)c1)c1ccc(Cl)cn1. The Balaban J connectivity index is 1.84. The molecule has 3 amide bonds. The number of urea groups is 1. The van der Waals surface area contributed by atoms with Crippen molar-refractivity contribution in [2.24, 2.45) is 0 Å². The first kappa shape index (κ1) is 30.3. The second-order valence-electron chi connectivity index (χ2n) is 9.23. The van der Waals surface area contributed by atoms with Gasteiger partial charge in [0.1, 0.15) is 11.3 Å².